The predicted octanol–water partition coefficient (Wildman–Crippen LogP) is 1.01. The van der Waals surface area contributed by atoms with E-state index in [-0.39, 0.29) is 25.0 Å². The van der Waals surface area contributed by atoms with Crippen LogP contribution in [0.15, 0.2) is 29.4 Å². The van der Waals surface area contributed by atoms with E-state index in [1.807, 2.05) is 0 Å². The van der Waals surface area contributed by atoms with Gasteiger partial charge in [-0.3, -0.25) is 14.5 Å². The minimum atomic E-state index is -0.689. The second kappa shape index (κ2) is 5.96. The number of hydrogen-bond acceptors (Lipinski definition) is 5. The zero-order valence-electron chi connectivity index (χ0n) is 10.8. The Morgan fingerprint density at radius 1 is 1.30 bits per heavy atom. The molecular weight excluding hydrogens is 262 g/mol. The van der Waals surface area contributed by atoms with E-state index in [1.54, 1.807) is 31.2 Å². The molecule has 1 aliphatic heterocycles. The maximum Gasteiger partial charge on any atom is 0.427 e. The Morgan fingerprint density at radius 2 is 1.90 bits per heavy atom. The Hall–Kier alpha value is -2.70. The summed E-state index contributed by atoms with van der Waals surface area (Å²) in [5, 5.41) is 3.59. The van der Waals surface area contributed by atoms with Crippen LogP contribution in [-0.2, 0) is 4.74 Å². The van der Waals surface area contributed by atoms with Crippen molar-refractivity contribution in [2.24, 2.45) is 5.10 Å². The molecule has 20 heavy (non-hydrogen) atoms. The van der Waals surface area contributed by atoms with Gasteiger partial charge in [-0.15, -0.1) is 0 Å². The first-order valence-corrected chi connectivity index (χ1v) is 6.04. The van der Waals surface area contributed by atoms with Crippen molar-refractivity contribution in [1.29, 1.82) is 0 Å². The second-order valence-electron chi connectivity index (χ2n) is 3.91. The zero-order valence-corrected chi connectivity index (χ0v) is 10.8. The molecular formula is C13H13N3O4. The highest BCUT2D eigenvalue weighted by Gasteiger charge is 2.34. The summed E-state index contributed by atoms with van der Waals surface area (Å²) in [5.74, 6) is -0.735. The fourth-order valence-corrected chi connectivity index (χ4v) is 1.79. The Labute approximate surface area is 115 Å². The molecule has 0 saturated heterocycles. The van der Waals surface area contributed by atoms with Gasteiger partial charge in [0.1, 0.15) is 0 Å². The van der Waals surface area contributed by atoms with Crippen LogP contribution in [0.4, 0.5) is 4.79 Å². The fourth-order valence-electron chi connectivity index (χ4n) is 1.79. The van der Waals surface area contributed by atoms with Crippen LogP contribution in [0.25, 0.3) is 0 Å². The zero-order chi connectivity index (χ0) is 14.5. The van der Waals surface area contributed by atoms with Gasteiger partial charge in [-0.2, -0.15) is 5.10 Å². The van der Waals surface area contributed by atoms with Crippen LogP contribution in [0.2, 0.25) is 0 Å². The smallest absolute Gasteiger partial charge is 0.427 e. The predicted molar refractivity (Wildman–Crippen MR) is 70.5 cm³/mol. The first-order chi connectivity index (χ1) is 9.65. The number of hydrogen-bond donors (Lipinski definition) is 1. The molecule has 0 unspecified atom stereocenters. The van der Waals surface area contributed by atoms with E-state index < -0.39 is 6.09 Å². The van der Waals surface area contributed by atoms with Crippen LogP contribution >= 0.6 is 0 Å². The van der Waals surface area contributed by atoms with Gasteiger partial charge in [-0.05, 0) is 19.1 Å². The van der Waals surface area contributed by atoms with Gasteiger partial charge in [0, 0.05) is 6.21 Å². The van der Waals surface area contributed by atoms with Crippen molar-refractivity contribution in [2.75, 3.05) is 13.2 Å². The highest BCUT2D eigenvalue weighted by atomic mass is 16.5. The molecule has 7 nitrogen and oxygen atoms in total. The molecule has 1 heterocycles. The molecule has 0 fully saturated rings. The van der Waals surface area contributed by atoms with Crippen LogP contribution in [0.5, 0.6) is 0 Å². The summed E-state index contributed by atoms with van der Waals surface area (Å²) in [6.45, 7) is 1.89. The van der Waals surface area contributed by atoms with E-state index in [0.29, 0.717) is 11.1 Å². The summed E-state index contributed by atoms with van der Waals surface area (Å²) in [7, 11) is 0. The standard InChI is InChI=1S/C13H13N3O4/c1-2-20-13(19)15-14-7-8-16-11(17)9-5-3-4-6-10(9)12(16)18/h3-7H,2,8H2,1H3,(H,15,19). The van der Waals surface area contributed by atoms with Crippen LogP contribution < -0.4 is 5.43 Å². The number of nitrogens with zero attached hydrogens (tertiary/aromatic N) is 2. The van der Waals surface area contributed by atoms with Crippen molar-refractivity contribution in [3.8, 4) is 0 Å². The van der Waals surface area contributed by atoms with Gasteiger partial charge >= 0.3 is 6.09 Å². The average molecular weight is 275 g/mol. The molecule has 0 saturated carbocycles. The van der Waals surface area contributed by atoms with E-state index in [4.69, 9.17) is 0 Å². The number of hydrazone groups is 1. The molecule has 1 aromatic carbocycles. The molecule has 0 spiro atoms. The first-order valence-electron chi connectivity index (χ1n) is 6.04. The number of imide groups is 1. The third-order valence-electron chi connectivity index (χ3n) is 2.66. The van der Waals surface area contributed by atoms with E-state index in [2.05, 4.69) is 15.3 Å². The van der Waals surface area contributed by atoms with Crippen molar-refractivity contribution in [2.45, 2.75) is 6.92 Å². The number of ether oxygens (including phenoxy) is 1. The fraction of sp³-hybridized carbons (Fsp3) is 0.231. The molecule has 104 valence electrons. The van der Waals surface area contributed by atoms with E-state index >= 15 is 0 Å². The lowest BCUT2D eigenvalue weighted by Gasteiger charge is -2.09. The minimum absolute atomic E-state index is 0.0151. The molecule has 0 bridgehead atoms. The summed E-state index contributed by atoms with van der Waals surface area (Å²) in [6, 6.07) is 6.60. The number of rotatable bonds is 4. The quantitative estimate of drug-likeness (QED) is 0.504. The number of nitrogens with one attached hydrogen (secondary N) is 1. The van der Waals surface area contributed by atoms with Crippen LogP contribution in [0, 0.1) is 0 Å². The maximum absolute atomic E-state index is 12.0. The highest BCUT2D eigenvalue weighted by molar-refractivity contribution is 6.22. The number of carbonyl (C=O) groups excluding carboxylic acids is 3. The van der Waals surface area contributed by atoms with Crippen molar-refractivity contribution >= 4 is 24.1 Å². The Kier molecular flexibility index (Phi) is 4.09. The molecule has 0 aromatic heterocycles. The topological polar surface area (TPSA) is 88.1 Å². The number of benzene rings is 1. The Morgan fingerprint density at radius 3 is 2.45 bits per heavy atom. The summed E-state index contributed by atoms with van der Waals surface area (Å²) >= 11 is 0. The second-order valence-corrected chi connectivity index (χ2v) is 3.91. The van der Waals surface area contributed by atoms with Gasteiger partial charge in [0.15, 0.2) is 0 Å². The van der Waals surface area contributed by atoms with Crippen molar-refractivity contribution in [1.82, 2.24) is 10.3 Å². The highest BCUT2D eigenvalue weighted by Crippen LogP contribution is 2.21. The van der Waals surface area contributed by atoms with Crippen molar-refractivity contribution in [3.63, 3.8) is 0 Å². The summed E-state index contributed by atoms with van der Waals surface area (Å²) in [4.78, 5) is 35.9. The van der Waals surface area contributed by atoms with Crippen LogP contribution in [-0.4, -0.2) is 42.2 Å². The third-order valence-corrected chi connectivity index (χ3v) is 2.66. The van der Waals surface area contributed by atoms with Crippen LogP contribution in [0.3, 0.4) is 0 Å². The minimum Gasteiger partial charge on any atom is -0.449 e. The van der Waals surface area contributed by atoms with Gasteiger partial charge < -0.3 is 4.74 Å². The van der Waals surface area contributed by atoms with Gasteiger partial charge in [0.2, 0.25) is 0 Å². The lowest BCUT2D eigenvalue weighted by Crippen LogP contribution is -2.32. The average Bonchev–Trinajstić information content (AvgIpc) is 2.69. The normalized spacial score (nSPS) is 13.8. The SMILES string of the molecule is CCOC(=O)NN=CCN1C(=O)c2ccccc2C1=O. The Bertz CT molecular complexity index is 548. The molecule has 3 amide bonds. The van der Waals surface area contributed by atoms with Crippen molar-refractivity contribution in [3.05, 3.63) is 35.4 Å². The summed E-state index contributed by atoms with van der Waals surface area (Å²) in [5.41, 5.74) is 2.88. The number of carbonyl (C=O) groups is 3. The monoisotopic (exact) mass is 275 g/mol. The largest absolute Gasteiger partial charge is 0.449 e. The van der Waals surface area contributed by atoms with Crippen molar-refractivity contribution < 1.29 is 19.1 Å². The number of amides is 3. The molecule has 1 aliphatic rings. The number of fused-ring (bicyclic) bond motifs is 1. The summed E-state index contributed by atoms with van der Waals surface area (Å²) in [6.07, 6.45) is 0.574. The first kappa shape index (κ1) is 13.7. The molecule has 1 N–H and O–H groups in total. The van der Waals surface area contributed by atoms with E-state index in [0.717, 1.165) is 4.90 Å². The van der Waals surface area contributed by atoms with Gasteiger partial charge in [0.25, 0.3) is 11.8 Å². The lowest BCUT2D eigenvalue weighted by atomic mass is 10.1. The van der Waals surface area contributed by atoms with E-state index in [1.165, 1.54) is 6.21 Å². The molecule has 0 aliphatic carbocycles. The lowest BCUT2D eigenvalue weighted by molar-refractivity contribution is 0.0679. The van der Waals surface area contributed by atoms with E-state index in [9.17, 15) is 14.4 Å². The molecule has 2 rings (SSSR count). The van der Waals surface area contributed by atoms with Crippen LogP contribution in [0.1, 0.15) is 27.6 Å². The molecule has 0 radical (unpaired) electrons. The van der Waals surface area contributed by atoms with Gasteiger partial charge in [0.05, 0.1) is 24.3 Å². The third kappa shape index (κ3) is 2.66. The Balaban J connectivity index is 1.96. The maximum atomic E-state index is 12.0. The summed E-state index contributed by atoms with van der Waals surface area (Å²) < 4.78 is 4.60. The van der Waals surface area contributed by atoms with Gasteiger partial charge in [-0.1, -0.05) is 12.1 Å². The molecule has 1 aromatic rings. The molecule has 0 atom stereocenters. The van der Waals surface area contributed by atoms with Gasteiger partial charge in [-0.25, -0.2) is 10.2 Å². The molecule has 7 heteroatoms.